The number of rotatable bonds is 3. The number of nitrogens with zero attached hydrogens (tertiary/aromatic N) is 3. The molecule has 0 bridgehead atoms. The molecule has 1 aromatic heterocycles. The second-order valence-electron chi connectivity index (χ2n) is 4.80. The van der Waals surface area contributed by atoms with Crippen molar-refractivity contribution in [3.05, 3.63) is 36.0 Å². The molecule has 3 rings (SSSR count). The third kappa shape index (κ3) is 2.67. The molecular weight excluding hydrogens is 272 g/mol. The number of amides is 1. The number of carbonyl (C=O) groups is 1. The van der Waals surface area contributed by atoms with Gasteiger partial charge < -0.3 is 19.5 Å². The summed E-state index contributed by atoms with van der Waals surface area (Å²) in [6, 6.07) is 7.59. The fourth-order valence-corrected chi connectivity index (χ4v) is 2.32. The van der Waals surface area contributed by atoms with Gasteiger partial charge in [0.2, 0.25) is 5.89 Å². The lowest BCUT2D eigenvalue weighted by atomic mass is 10.2. The van der Waals surface area contributed by atoms with E-state index in [1.807, 2.05) is 29.2 Å². The number of aryl methyl sites for hydroxylation is 1. The van der Waals surface area contributed by atoms with E-state index in [-0.39, 0.29) is 5.91 Å². The molecule has 0 saturated carbocycles. The predicted octanol–water partition coefficient (Wildman–Crippen LogP) is 0.892. The Kier molecular flexibility index (Phi) is 3.47. The van der Waals surface area contributed by atoms with Crippen LogP contribution in [0.3, 0.4) is 0 Å². The van der Waals surface area contributed by atoms with Crippen LogP contribution in [-0.2, 0) is 11.3 Å². The number of benzene rings is 1. The molecule has 0 radical (unpaired) electrons. The third-order valence-corrected chi connectivity index (χ3v) is 3.30. The fraction of sp³-hybridized carbons (Fsp3) is 0.357. The minimum atomic E-state index is -0.561. The van der Waals surface area contributed by atoms with Crippen LogP contribution in [0.1, 0.15) is 11.7 Å². The normalized spacial score (nSPS) is 17.0. The summed E-state index contributed by atoms with van der Waals surface area (Å²) in [6.07, 6.45) is -0.561. The topological polar surface area (TPSA) is 80.5 Å². The molecule has 1 aliphatic rings. The van der Waals surface area contributed by atoms with Crippen molar-refractivity contribution in [3.8, 4) is 5.75 Å². The van der Waals surface area contributed by atoms with E-state index in [0.717, 1.165) is 5.69 Å². The van der Waals surface area contributed by atoms with Crippen molar-refractivity contribution < 1.29 is 14.1 Å². The van der Waals surface area contributed by atoms with Crippen molar-refractivity contribution in [2.75, 3.05) is 18.5 Å². The Morgan fingerprint density at radius 1 is 1.48 bits per heavy atom. The van der Waals surface area contributed by atoms with Crippen molar-refractivity contribution in [1.29, 1.82) is 0 Å². The van der Waals surface area contributed by atoms with Crippen molar-refractivity contribution in [2.24, 2.45) is 0 Å². The lowest BCUT2D eigenvalue weighted by molar-refractivity contribution is -0.127. The number of ether oxygens (including phenoxy) is 1. The van der Waals surface area contributed by atoms with Gasteiger partial charge in [0.25, 0.3) is 5.91 Å². The van der Waals surface area contributed by atoms with E-state index in [1.165, 1.54) is 0 Å². The number of para-hydroxylation sites is 2. The van der Waals surface area contributed by atoms with Gasteiger partial charge in [-0.1, -0.05) is 17.3 Å². The zero-order valence-corrected chi connectivity index (χ0v) is 11.9. The first kappa shape index (κ1) is 13.4. The average Bonchev–Trinajstić information content (AvgIpc) is 2.91. The van der Waals surface area contributed by atoms with Gasteiger partial charge in [-0.3, -0.25) is 4.79 Å². The molecular formula is C14H16N4O3. The molecule has 0 saturated heterocycles. The van der Waals surface area contributed by atoms with Gasteiger partial charge in [-0.25, -0.2) is 0 Å². The summed E-state index contributed by atoms with van der Waals surface area (Å²) in [7, 11) is 1.60. The Balaban J connectivity index is 1.88. The van der Waals surface area contributed by atoms with Gasteiger partial charge in [-0.05, 0) is 19.1 Å². The van der Waals surface area contributed by atoms with E-state index in [1.54, 1.807) is 14.0 Å². The van der Waals surface area contributed by atoms with Crippen LogP contribution < -0.4 is 15.0 Å². The molecule has 0 spiro atoms. The molecule has 21 heavy (non-hydrogen) atoms. The largest absolute Gasteiger partial charge is 0.477 e. The summed E-state index contributed by atoms with van der Waals surface area (Å²) in [5.41, 5.74) is 0.911. The van der Waals surface area contributed by atoms with Crippen LogP contribution in [0.4, 0.5) is 5.69 Å². The van der Waals surface area contributed by atoms with Crippen LogP contribution in [0.15, 0.2) is 28.8 Å². The number of fused-ring (bicyclic) bond motifs is 1. The van der Waals surface area contributed by atoms with Gasteiger partial charge in [0.15, 0.2) is 11.9 Å². The molecule has 2 aromatic rings. The van der Waals surface area contributed by atoms with Crippen LogP contribution in [0.2, 0.25) is 0 Å². The predicted molar refractivity (Wildman–Crippen MR) is 75.0 cm³/mol. The standard InChI is InChI=1S/C14H16N4O3/c1-9-16-13(21-17-9)8-18-7-12(14(19)15-2)20-11-6-4-3-5-10(11)18/h3-6,12H,7-8H2,1-2H3,(H,15,19). The van der Waals surface area contributed by atoms with Gasteiger partial charge in [-0.2, -0.15) is 4.98 Å². The molecule has 7 nitrogen and oxygen atoms in total. The lowest BCUT2D eigenvalue weighted by Crippen LogP contribution is -2.48. The first-order chi connectivity index (χ1) is 10.2. The maximum absolute atomic E-state index is 11.9. The molecule has 1 aromatic carbocycles. The number of nitrogens with one attached hydrogen (secondary N) is 1. The Labute approximate surface area is 121 Å². The Morgan fingerprint density at radius 2 is 2.29 bits per heavy atom. The molecule has 1 atom stereocenters. The zero-order chi connectivity index (χ0) is 14.8. The van der Waals surface area contributed by atoms with Crippen molar-refractivity contribution in [2.45, 2.75) is 19.6 Å². The SMILES string of the molecule is CNC(=O)C1CN(Cc2nc(C)no2)c2ccccc2O1. The summed E-state index contributed by atoms with van der Waals surface area (Å²) in [6.45, 7) is 2.64. The number of anilines is 1. The van der Waals surface area contributed by atoms with Crippen LogP contribution in [0.25, 0.3) is 0 Å². The van der Waals surface area contributed by atoms with Crippen LogP contribution in [-0.4, -0.2) is 35.7 Å². The van der Waals surface area contributed by atoms with Crippen LogP contribution >= 0.6 is 0 Å². The van der Waals surface area contributed by atoms with Gasteiger partial charge in [0.1, 0.15) is 5.75 Å². The van der Waals surface area contributed by atoms with Gasteiger partial charge in [0, 0.05) is 7.05 Å². The molecule has 2 heterocycles. The number of aromatic nitrogens is 2. The molecule has 1 amide bonds. The van der Waals surface area contributed by atoms with Gasteiger partial charge in [-0.15, -0.1) is 0 Å². The fourth-order valence-electron chi connectivity index (χ4n) is 2.32. The van der Waals surface area contributed by atoms with E-state index in [0.29, 0.717) is 30.6 Å². The Bertz CT molecular complexity index is 655. The third-order valence-electron chi connectivity index (χ3n) is 3.30. The highest BCUT2D eigenvalue weighted by molar-refractivity contribution is 5.83. The van der Waals surface area contributed by atoms with E-state index >= 15 is 0 Å². The zero-order valence-electron chi connectivity index (χ0n) is 11.9. The van der Waals surface area contributed by atoms with E-state index in [2.05, 4.69) is 15.5 Å². The van der Waals surface area contributed by atoms with E-state index in [4.69, 9.17) is 9.26 Å². The van der Waals surface area contributed by atoms with Crippen LogP contribution in [0, 0.1) is 6.92 Å². The molecule has 1 aliphatic heterocycles. The lowest BCUT2D eigenvalue weighted by Gasteiger charge is -2.34. The molecule has 0 aliphatic carbocycles. The second kappa shape index (κ2) is 5.43. The molecule has 7 heteroatoms. The highest BCUT2D eigenvalue weighted by atomic mass is 16.5. The molecule has 110 valence electrons. The number of hydrogen-bond donors (Lipinski definition) is 1. The summed E-state index contributed by atoms with van der Waals surface area (Å²) in [5.74, 6) is 1.62. The minimum absolute atomic E-state index is 0.156. The number of hydrogen-bond acceptors (Lipinski definition) is 6. The molecule has 1 N–H and O–H groups in total. The first-order valence-corrected chi connectivity index (χ1v) is 6.69. The highest BCUT2D eigenvalue weighted by Crippen LogP contribution is 2.33. The maximum atomic E-state index is 11.9. The number of likely N-dealkylation sites (N-methyl/N-ethyl adjacent to an activating group) is 1. The van der Waals surface area contributed by atoms with Crippen LogP contribution in [0.5, 0.6) is 5.75 Å². The molecule has 1 unspecified atom stereocenters. The molecule has 0 fully saturated rings. The summed E-state index contributed by atoms with van der Waals surface area (Å²) in [5, 5.41) is 6.40. The second-order valence-corrected chi connectivity index (χ2v) is 4.80. The Hall–Kier alpha value is -2.57. The van der Waals surface area contributed by atoms with Crippen molar-refractivity contribution in [1.82, 2.24) is 15.5 Å². The Morgan fingerprint density at radius 3 is 3.00 bits per heavy atom. The van der Waals surface area contributed by atoms with E-state index in [9.17, 15) is 4.79 Å². The smallest absolute Gasteiger partial charge is 0.262 e. The van der Waals surface area contributed by atoms with E-state index < -0.39 is 6.10 Å². The average molecular weight is 288 g/mol. The van der Waals surface area contributed by atoms with Crippen molar-refractivity contribution >= 4 is 11.6 Å². The summed E-state index contributed by atoms with van der Waals surface area (Å²) in [4.78, 5) is 18.1. The number of carbonyl (C=O) groups excluding carboxylic acids is 1. The van der Waals surface area contributed by atoms with Gasteiger partial charge >= 0.3 is 0 Å². The van der Waals surface area contributed by atoms with Crippen molar-refractivity contribution in [3.63, 3.8) is 0 Å². The maximum Gasteiger partial charge on any atom is 0.262 e. The minimum Gasteiger partial charge on any atom is -0.477 e. The summed E-state index contributed by atoms with van der Waals surface area (Å²) >= 11 is 0. The monoisotopic (exact) mass is 288 g/mol. The first-order valence-electron chi connectivity index (χ1n) is 6.69. The summed E-state index contributed by atoms with van der Waals surface area (Å²) < 4.78 is 10.9. The quantitative estimate of drug-likeness (QED) is 0.903. The highest BCUT2D eigenvalue weighted by Gasteiger charge is 2.30. The van der Waals surface area contributed by atoms with Gasteiger partial charge in [0.05, 0.1) is 18.8 Å².